The summed E-state index contributed by atoms with van der Waals surface area (Å²) < 4.78 is 19.9. The Hall–Kier alpha value is -2.77. The SMILES string of the molecule is COC(=O)c1ccc(/C=C(\F)P(c2ccccc2)c2ccccc2)cc1. The number of halogens is 1. The minimum absolute atomic E-state index is 0.191. The topological polar surface area (TPSA) is 26.3 Å². The molecule has 3 aromatic carbocycles. The van der Waals surface area contributed by atoms with Crippen LogP contribution in [0.1, 0.15) is 15.9 Å². The van der Waals surface area contributed by atoms with E-state index < -0.39 is 13.9 Å². The van der Waals surface area contributed by atoms with E-state index in [0.717, 1.165) is 10.6 Å². The predicted octanol–water partition coefficient (Wildman–Crippen LogP) is 4.87. The zero-order valence-corrected chi connectivity index (χ0v) is 15.2. The van der Waals surface area contributed by atoms with Crippen LogP contribution >= 0.6 is 7.92 Å². The predicted molar refractivity (Wildman–Crippen MR) is 106 cm³/mol. The Balaban J connectivity index is 1.96. The number of rotatable bonds is 5. The van der Waals surface area contributed by atoms with Gasteiger partial charge in [0.1, 0.15) is 5.57 Å². The molecule has 0 amide bonds. The molecule has 0 atom stereocenters. The van der Waals surface area contributed by atoms with Crippen molar-refractivity contribution in [1.82, 2.24) is 0 Å². The van der Waals surface area contributed by atoms with Crippen LogP contribution in [-0.4, -0.2) is 13.1 Å². The highest BCUT2D eigenvalue weighted by Crippen LogP contribution is 2.44. The van der Waals surface area contributed by atoms with Crippen molar-refractivity contribution in [2.24, 2.45) is 0 Å². The van der Waals surface area contributed by atoms with Crippen LogP contribution in [0.25, 0.3) is 6.08 Å². The second-order valence-corrected chi connectivity index (χ2v) is 7.72. The summed E-state index contributed by atoms with van der Waals surface area (Å²) in [4.78, 5) is 11.5. The van der Waals surface area contributed by atoms with Crippen molar-refractivity contribution in [1.29, 1.82) is 0 Å². The molecule has 0 bridgehead atoms. The van der Waals surface area contributed by atoms with E-state index in [1.807, 2.05) is 60.7 Å². The van der Waals surface area contributed by atoms with Crippen molar-refractivity contribution in [3.05, 3.63) is 102 Å². The van der Waals surface area contributed by atoms with Gasteiger partial charge in [0.05, 0.1) is 12.7 Å². The van der Waals surface area contributed by atoms with E-state index in [2.05, 4.69) is 4.74 Å². The van der Waals surface area contributed by atoms with Gasteiger partial charge < -0.3 is 4.74 Å². The summed E-state index contributed by atoms with van der Waals surface area (Å²) in [5, 5.41) is 1.90. The summed E-state index contributed by atoms with van der Waals surface area (Å²) in [7, 11) is 0.0799. The van der Waals surface area contributed by atoms with Gasteiger partial charge >= 0.3 is 5.97 Å². The molecular formula is C22H18FO2P. The lowest BCUT2D eigenvalue weighted by atomic mass is 10.1. The second kappa shape index (κ2) is 8.55. The summed E-state index contributed by atoms with van der Waals surface area (Å²) in [5.74, 6) is -0.406. The molecule has 4 heteroatoms. The third kappa shape index (κ3) is 4.25. The van der Waals surface area contributed by atoms with Crippen LogP contribution in [0.2, 0.25) is 0 Å². The van der Waals surface area contributed by atoms with Crippen molar-refractivity contribution in [2.45, 2.75) is 0 Å². The minimum atomic E-state index is -1.26. The first kappa shape index (κ1) is 18.0. The Morgan fingerprint density at radius 2 is 1.35 bits per heavy atom. The van der Waals surface area contributed by atoms with E-state index in [-0.39, 0.29) is 5.57 Å². The Bertz CT molecular complexity index is 851. The average molecular weight is 364 g/mol. The van der Waals surface area contributed by atoms with Crippen LogP contribution in [0, 0.1) is 0 Å². The summed E-state index contributed by atoms with van der Waals surface area (Å²) >= 11 is 0. The van der Waals surface area contributed by atoms with Crippen molar-refractivity contribution in [3.8, 4) is 0 Å². The van der Waals surface area contributed by atoms with Crippen molar-refractivity contribution in [3.63, 3.8) is 0 Å². The van der Waals surface area contributed by atoms with Gasteiger partial charge in [0.15, 0.2) is 0 Å². The fourth-order valence-corrected chi connectivity index (χ4v) is 4.60. The number of carbonyl (C=O) groups excluding carboxylic acids is 1. The molecule has 130 valence electrons. The molecule has 0 unspecified atom stereocenters. The van der Waals surface area contributed by atoms with Crippen LogP contribution in [0.15, 0.2) is 90.5 Å². The van der Waals surface area contributed by atoms with Crippen LogP contribution in [0.3, 0.4) is 0 Å². The molecule has 2 nitrogen and oxygen atoms in total. The van der Waals surface area contributed by atoms with Gasteiger partial charge in [-0.05, 0) is 34.4 Å². The average Bonchev–Trinajstić information content (AvgIpc) is 2.70. The molecule has 3 rings (SSSR count). The summed E-state index contributed by atoms with van der Waals surface area (Å²) in [5.41, 5.74) is 0.955. The number of hydrogen-bond acceptors (Lipinski definition) is 2. The third-order valence-corrected chi connectivity index (χ3v) is 6.05. The van der Waals surface area contributed by atoms with E-state index in [9.17, 15) is 4.79 Å². The summed E-state index contributed by atoms with van der Waals surface area (Å²) in [6, 6.07) is 26.1. The largest absolute Gasteiger partial charge is 0.465 e. The maximum atomic E-state index is 15.2. The van der Waals surface area contributed by atoms with Crippen LogP contribution in [0.5, 0.6) is 0 Å². The van der Waals surface area contributed by atoms with Gasteiger partial charge in [0.25, 0.3) is 0 Å². The Labute approximate surface area is 153 Å². The van der Waals surface area contributed by atoms with E-state index >= 15 is 4.39 Å². The lowest BCUT2D eigenvalue weighted by Gasteiger charge is -2.16. The molecule has 3 aromatic rings. The summed E-state index contributed by atoms with van der Waals surface area (Å²) in [6.45, 7) is 0. The molecule has 0 saturated heterocycles. The molecule has 0 aliphatic carbocycles. The number of carbonyl (C=O) groups is 1. The number of hydrogen-bond donors (Lipinski definition) is 0. The van der Waals surface area contributed by atoms with Gasteiger partial charge in [0.2, 0.25) is 0 Å². The lowest BCUT2D eigenvalue weighted by molar-refractivity contribution is 0.0600. The number of methoxy groups -OCH3 is 1. The molecule has 0 saturated carbocycles. The van der Waals surface area contributed by atoms with E-state index in [0.29, 0.717) is 11.1 Å². The molecule has 0 fully saturated rings. The monoisotopic (exact) mass is 364 g/mol. The quantitative estimate of drug-likeness (QED) is 0.477. The molecule has 0 aliphatic rings. The molecule has 26 heavy (non-hydrogen) atoms. The van der Waals surface area contributed by atoms with Crippen LogP contribution < -0.4 is 10.6 Å². The highest BCUT2D eigenvalue weighted by molar-refractivity contribution is 7.76. The van der Waals surface area contributed by atoms with Gasteiger partial charge in [-0.3, -0.25) is 0 Å². The van der Waals surface area contributed by atoms with Gasteiger partial charge in [-0.1, -0.05) is 72.8 Å². The normalized spacial score (nSPS) is 11.4. The van der Waals surface area contributed by atoms with Crippen LogP contribution in [0.4, 0.5) is 4.39 Å². The fourth-order valence-electron chi connectivity index (χ4n) is 2.59. The highest BCUT2D eigenvalue weighted by Gasteiger charge is 2.18. The number of esters is 1. The Morgan fingerprint density at radius 1 is 0.846 bits per heavy atom. The van der Waals surface area contributed by atoms with E-state index in [4.69, 9.17) is 0 Å². The van der Waals surface area contributed by atoms with Gasteiger partial charge in [0, 0.05) is 7.92 Å². The minimum Gasteiger partial charge on any atom is -0.465 e. The molecular weight excluding hydrogens is 346 g/mol. The molecule has 0 aromatic heterocycles. The molecule has 0 heterocycles. The first-order chi connectivity index (χ1) is 12.7. The standard InChI is InChI=1S/C22H18FO2P/c1-25-22(24)18-14-12-17(13-15-18)16-21(23)26(19-8-4-2-5-9-19)20-10-6-3-7-11-20/h2-16H,1H3/b21-16+. The molecule has 0 radical (unpaired) electrons. The highest BCUT2D eigenvalue weighted by atomic mass is 31.1. The Kier molecular flexibility index (Phi) is 5.93. The third-order valence-electron chi connectivity index (χ3n) is 3.86. The number of ether oxygens (including phenoxy) is 1. The first-order valence-corrected chi connectivity index (χ1v) is 9.49. The van der Waals surface area contributed by atoms with Crippen molar-refractivity contribution in [2.75, 3.05) is 7.11 Å². The van der Waals surface area contributed by atoms with Crippen molar-refractivity contribution >= 4 is 30.6 Å². The van der Waals surface area contributed by atoms with Gasteiger partial charge in [-0.2, -0.15) is 0 Å². The molecule has 0 aliphatic heterocycles. The lowest BCUT2D eigenvalue weighted by Crippen LogP contribution is -2.11. The maximum Gasteiger partial charge on any atom is 0.337 e. The zero-order valence-electron chi connectivity index (χ0n) is 14.3. The van der Waals surface area contributed by atoms with Crippen LogP contribution in [-0.2, 0) is 4.74 Å². The van der Waals surface area contributed by atoms with E-state index in [1.54, 1.807) is 24.3 Å². The van der Waals surface area contributed by atoms with E-state index in [1.165, 1.54) is 13.2 Å². The van der Waals surface area contributed by atoms with Crippen molar-refractivity contribution < 1.29 is 13.9 Å². The Morgan fingerprint density at radius 3 is 1.81 bits per heavy atom. The molecule has 0 spiro atoms. The molecule has 0 N–H and O–H groups in total. The first-order valence-electron chi connectivity index (χ1n) is 8.15. The second-order valence-electron chi connectivity index (χ2n) is 5.59. The number of benzene rings is 3. The van der Waals surface area contributed by atoms with Gasteiger partial charge in [-0.25, -0.2) is 9.18 Å². The maximum absolute atomic E-state index is 15.2. The van der Waals surface area contributed by atoms with Gasteiger partial charge in [-0.15, -0.1) is 0 Å². The summed E-state index contributed by atoms with van der Waals surface area (Å²) in [6.07, 6.45) is 1.53. The zero-order chi connectivity index (χ0) is 18.4. The fraction of sp³-hybridized carbons (Fsp3) is 0.0455. The smallest absolute Gasteiger partial charge is 0.337 e.